The number of alkyl halides is 1. The summed E-state index contributed by atoms with van der Waals surface area (Å²) < 4.78 is 20.0. The van der Waals surface area contributed by atoms with Gasteiger partial charge >= 0.3 is 0 Å². The summed E-state index contributed by atoms with van der Waals surface area (Å²) in [6, 6.07) is -0.228. The molecule has 1 aliphatic carbocycles. The van der Waals surface area contributed by atoms with Gasteiger partial charge in [0.1, 0.15) is 12.2 Å². The molecule has 4 unspecified atom stereocenters. The number of halogens is 1. The minimum atomic E-state index is -0.950. The van der Waals surface area contributed by atoms with Crippen molar-refractivity contribution < 1.29 is 13.9 Å². The smallest absolute Gasteiger partial charge is 0.241 e. The maximum Gasteiger partial charge on any atom is 0.241 e. The molecule has 2 heterocycles. The zero-order valence-electron chi connectivity index (χ0n) is 15.2. The normalized spacial score (nSPS) is 35.2. The molecule has 0 radical (unpaired) electrons. The molecule has 0 spiro atoms. The lowest BCUT2D eigenvalue weighted by Gasteiger charge is -2.46. The van der Waals surface area contributed by atoms with Crippen LogP contribution in [-0.2, 0) is 9.53 Å². The number of rotatable bonds is 4. The summed E-state index contributed by atoms with van der Waals surface area (Å²) in [6.07, 6.45) is 3.52. The molecule has 0 N–H and O–H groups in total. The average Bonchev–Trinajstić information content (AvgIpc) is 2.64. The van der Waals surface area contributed by atoms with E-state index < -0.39 is 6.17 Å². The van der Waals surface area contributed by atoms with E-state index >= 15 is 0 Å². The lowest BCUT2D eigenvalue weighted by atomic mass is 9.77. The highest BCUT2D eigenvalue weighted by Gasteiger charge is 2.41. The molecule has 1 saturated carbocycles. The van der Waals surface area contributed by atoms with Gasteiger partial charge in [0.2, 0.25) is 5.91 Å². The first kappa shape index (κ1) is 18.4. The van der Waals surface area contributed by atoms with E-state index in [0.29, 0.717) is 26.2 Å². The molecule has 0 aromatic carbocycles. The summed E-state index contributed by atoms with van der Waals surface area (Å²) >= 11 is 0. The number of fused-ring (bicyclic) bond motifs is 1. The number of piperazine rings is 2. The van der Waals surface area contributed by atoms with Gasteiger partial charge in [-0.15, -0.1) is 0 Å². The highest BCUT2D eigenvalue weighted by atomic mass is 19.1. The molecule has 2 saturated heterocycles. The summed E-state index contributed by atoms with van der Waals surface area (Å²) in [5.41, 5.74) is 0. The van der Waals surface area contributed by atoms with Gasteiger partial charge in [0.15, 0.2) is 6.19 Å². The van der Waals surface area contributed by atoms with E-state index in [0.717, 1.165) is 32.4 Å². The number of carbonyl (C=O) groups is 1. The Bertz CT molecular complexity index is 526. The second-order valence-electron chi connectivity index (χ2n) is 7.67. The summed E-state index contributed by atoms with van der Waals surface area (Å²) in [4.78, 5) is 18.6. The van der Waals surface area contributed by atoms with Crippen LogP contribution in [0.3, 0.4) is 0 Å². The Morgan fingerprint density at radius 1 is 1.32 bits per heavy atom. The molecule has 6 nitrogen and oxygen atoms in total. The van der Waals surface area contributed by atoms with E-state index in [9.17, 15) is 9.18 Å². The molecule has 25 heavy (non-hydrogen) atoms. The van der Waals surface area contributed by atoms with Crippen LogP contribution in [0.15, 0.2) is 0 Å². The molecule has 3 fully saturated rings. The molecular weight excluding hydrogens is 323 g/mol. The lowest BCUT2D eigenvalue weighted by Crippen LogP contribution is -2.64. The van der Waals surface area contributed by atoms with Gasteiger partial charge in [-0.1, -0.05) is 13.3 Å². The van der Waals surface area contributed by atoms with Crippen LogP contribution in [0.5, 0.6) is 0 Å². The largest absolute Gasteiger partial charge is 0.378 e. The standard InChI is InChI=1S/C18H29FN4O2/c1-13(14-4-3-5-16(25-2)17(14)19)10-23-9-8-22-7-6-21(12-20)11-15(22)18(23)24/h13-17H,3-11H2,1-2H3/t13?,14?,15-,16?,17?/m1/s1. The average molecular weight is 352 g/mol. The van der Waals surface area contributed by atoms with Gasteiger partial charge in [-0.2, -0.15) is 5.26 Å². The van der Waals surface area contributed by atoms with Crippen molar-refractivity contribution in [2.45, 2.75) is 44.5 Å². The fourth-order valence-corrected chi connectivity index (χ4v) is 4.64. The molecule has 0 bridgehead atoms. The summed E-state index contributed by atoms with van der Waals surface area (Å²) in [7, 11) is 1.58. The number of carbonyl (C=O) groups excluding carboxylic acids is 1. The minimum Gasteiger partial charge on any atom is -0.378 e. The maximum absolute atomic E-state index is 14.7. The first-order valence-corrected chi connectivity index (χ1v) is 9.39. The van der Waals surface area contributed by atoms with Crippen LogP contribution in [0.4, 0.5) is 4.39 Å². The second kappa shape index (κ2) is 7.88. The van der Waals surface area contributed by atoms with Crippen molar-refractivity contribution in [1.29, 1.82) is 5.26 Å². The van der Waals surface area contributed by atoms with Crippen LogP contribution < -0.4 is 0 Å². The highest BCUT2D eigenvalue weighted by molar-refractivity contribution is 5.83. The Labute approximate surface area is 149 Å². The van der Waals surface area contributed by atoms with E-state index in [1.165, 1.54) is 0 Å². The maximum atomic E-state index is 14.7. The fraction of sp³-hybridized carbons (Fsp3) is 0.889. The van der Waals surface area contributed by atoms with Gasteiger partial charge in [-0.3, -0.25) is 9.69 Å². The quantitative estimate of drug-likeness (QED) is 0.709. The highest BCUT2D eigenvalue weighted by Crippen LogP contribution is 2.35. The number of amides is 1. The topological polar surface area (TPSA) is 59.8 Å². The number of nitrogens with zero attached hydrogens (tertiary/aromatic N) is 4. The Balaban J connectivity index is 1.61. The lowest BCUT2D eigenvalue weighted by molar-refractivity contribution is -0.145. The zero-order valence-corrected chi connectivity index (χ0v) is 15.2. The molecule has 1 amide bonds. The predicted molar refractivity (Wildman–Crippen MR) is 91.3 cm³/mol. The minimum absolute atomic E-state index is 0.0495. The Hall–Kier alpha value is -1.39. The SMILES string of the molecule is COC1CCCC(C(C)CN2CCN3CCN(C#N)C[C@@H]3C2=O)C1F. The van der Waals surface area contributed by atoms with E-state index in [2.05, 4.69) is 18.0 Å². The molecule has 2 aliphatic heterocycles. The molecule has 140 valence electrons. The zero-order chi connectivity index (χ0) is 18.0. The van der Waals surface area contributed by atoms with Gasteiger partial charge in [-0.25, -0.2) is 4.39 Å². The van der Waals surface area contributed by atoms with Crippen molar-refractivity contribution in [2.75, 3.05) is 46.4 Å². The molecule has 7 heteroatoms. The first-order chi connectivity index (χ1) is 12.0. The Morgan fingerprint density at radius 2 is 2.08 bits per heavy atom. The van der Waals surface area contributed by atoms with Crippen LogP contribution in [0.1, 0.15) is 26.2 Å². The molecule has 0 aromatic rings. The van der Waals surface area contributed by atoms with Crippen molar-refractivity contribution in [3.05, 3.63) is 0 Å². The monoisotopic (exact) mass is 352 g/mol. The third-order valence-electron chi connectivity index (χ3n) is 6.22. The number of hydrogen-bond acceptors (Lipinski definition) is 5. The van der Waals surface area contributed by atoms with Crippen molar-refractivity contribution in [1.82, 2.24) is 14.7 Å². The summed E-state index contributed by atoms with van der Waals surface area (Å²) in [5, 5.41) is 9.11. The number of nitriles is 1. The van der Waals surface area contributed by atoms with Gasteiger partial charge in [0, 0.05) is 39.8 Å². The third kappa shape index (κ3) is 3.75. The van der Waals surface area contributed by atoms with Crippen molar-refractivity contribution in [3.63, 3.8) is 0 Å². The van der Waals surface area contributed by atoms with Gasteiger partial charge in [-0.05, 0) is 24.7 Å². The molecule has 3 aliphatic rings. The van der Waals surface area contributed by atoms with Crippen LogP contribution >= 0.6 is 0 Å². The number of ether oxygens (including phenoxy) is 1. The van der Waals surface area contributed by atoms with Gasteiger partial charge in [0.25, 0.3) is 0 Å². The van der Waals surface area contributed by atoms with Crippen LogP contribution in [0, 0.1) is 23.3 Å². The van der Waals surface area contributed by atoms with Gasteiger partial charge < -0.3 is 14.5 Å². The van der Waals surface area contributed by atoms with E-state index in [1.54, 1.807) is 12.0 Å². The summed E-state index contributed by atoms with van der Waals surface area (Å²) in [5.74, 6) is 0.151. The van der Waals surface area contributed by atoms with Gasteiger partial charge in [0.05, 0.1) is 12.6 Å². The number of methoxy groups -OCH3 is 1. The van der Waals surface area contributed by atoms with E-state index in [1.807, 2.05) is 4.90 Å². The third-order valence-corrected chi connectivity index (χ3v) is 6.22. The second-order valence-corrected chi connectivity index (χ2v) is 7.67. The van der Waals surface area contributed by atoms with Crippen LogP contribution in [-0.4, -0.2) is 85.3 Å². The Morgan fingerprint density at radius 3 is 2.80 bits per heavy atom. The van der Waals surface area contributed by atoms with Crippen molar-refractivity contribution >= 4 is 5.91 Å². The number of hydrogen-bond donors (Lipinski definition) is 0. The van der Waals surface area contributed by atoms with Crippen molar-refractivity contribution in [2.24, 2.45) is 11.8 Å². The first-order valence-electron chi connectivity index (χ1n) is 9.39. The fourth-order valence-electron chi connectivity index (χ4n) is 4.64. The predicted octanol–water partition coefficient (Wildman–Crippen LogP) is 1.09. The summed E-state index contributed by atoms with van der Waals surface area (Å²) in [6.45, 7) is 6.12. The van der Waals surface area contributed by atoms with Crippen LogP contribution in [0.2, 0.25) is 0 Å². The van der Waals surface area contributed by atoms with Crippen LogP contribution in [0.25, 0.3) is 0 Å². The van der Waals surface area contributed by atoms with Crippen molar-refractivity contribution in [3.8, 4) is 6.19 Å². The van der Waals surface area contributed by atoms with E-state index in [4.69, 9.17) is 10.00 Å². The molecule has 0 aromatic heterocycles. The molecule has 3 rings (SSSR count). The molecule has 5 atom stereocenters. The molecular formula is C18H29FN4O2. The van der Waals surface area contributed by atoms with E-state index in [-0.39, 0.29) is 29.9 Å². The Kier molecular flexibility index (Phi) is 5.80.